The van der Waals surface area contributed by atoms with E-state index in [1.54, 1.807) is 0 Å². The Balaban J connectivity index is 2.61. The van der Waals surface area contributed by atoms with Crippen LogP contribution in [0.3, 0.4) is 0 Å². The number of fused-ring (bicyclic) bond motifs is 1. The van der Waals surface area contributed by atoms with Gasteiger partial charge in [0.2, 0.25) is 0 Å². The number of nitrogens with zero attached hydrogens (tertiary/aromatic N) is 1. The Morgan fingerprint density at radius 3 is 2.94 bits per heavy atom. The minimum atomic E-state index is -0.0220. The molecule has 4 heteroatoms. The number of hydrogen-bond acceptors (Lipinski definition) is 1. The lowest BCUT2D eigenvalue weighted by Crippen LogP contribution is -2.22. The van der Waals surface area contributed by atoms with Gasteiger partial charge in [0, 0.05) is 35.2 Å². The van der Waals surface area contributed by atoms with Crippen molar-refractivity contribution in [2.75, 3.05) is 6.54 Å². The van der Waals surface area contributed by atoms with Crippen molar-refractivity contribution in [1.82, 2.24) is 9.88 Å². The van der Waals surface area contributed by atoms with Crippen LogP contribution < -0.4 is 5.32 Å². The summed E-state index contributed by atoms with van der Waals surface area (Å²) in [4.78, 5) is 11.8. The highest BCUT2D eigenvalue weighted by molar-refractivity contribution is 9.10. The number of aryl methyl sites for hydroxylation is 1. The van der Waals surface area contributed by atoms with E-state index in [9.17, 15) is 4.79 Å². The third-order valence-electron chi connectivity index (χ3n) is 2.53. The van der Waals surface area contributed by atoms with Gasteiger partial charge in [0.1, 0.15) is 0 Å². The molecule has 1 aromatic heterocycles. The molecule has 0 spiro atoms. The molecule has 0 saturated carbocycles. The van der Waals surface area contributed by atoms with Gasteiger partial charge >= 0.3 is 0 Å². The molecule has 1 heterocycles. The molecule has 84 valence electrons. The van der Waals surface area contributed by atoms with Crippen molar-refractivity contribution < 1.29 is 4.79 Å². The lowest BCUT2D eigenvalue weighted by Gasteiger charge is -2.00. The standard InChI is InChI=1S/C12H13BrN2O/c1-3-14-12(16)10-7-15(2)11-5-4-8(13)6-9(10)11/h4-7H,3H2,1-2H3,(H,14,16). The molecule has 0 atom stereocenters. The van der Waals surface area contributed by atoms with Gasteiger partial charge in [-0.25, -0.2) is 0 Å². The van der Waals surface area contributed by atoms with Gasteiger partial charge in [-0.3, -0.25) is 4.79 Å². The first kappa shape index (κ1) is 11.2. The summed E-state index contributed by atoms with van der Waals surface area (Å²) < 4.78 is 2.95. The number of hydrogen-bond donors (Lipinski definition) is 1. The molecule has 0 aliphatic heterocycles. The molecule has 2 aromatic rings. The van der Waals surface area contributed by atoms with Crippen LogP contribution in [0.15, 0.2) is 28.9 Å². The Kier molecular flexibility index (Phi) is 3.01. The highest BCUT2D eigenvalue weighted by Gasteiger charge is 2.12. The van der Waals surface area contributed by atoms with Crippen molar-refractivity contribution in [2.24, 2.45) is 7.05 Å². The van der Waals surface area contributed by atoms with Crippen LogP contribution in [0.1, 0.15) is 17.3 Å². The third-order valence-corrected chi connectivity index (χ3v) is 3.03. The summed E-state index contributed by atoms with van der Waals surface area (Å²) >= 11 is 3.42. The van der Waals surface area contributed by atoms with Gasteiger partial charge in [-0.15, -0.1) is 0 Å². The van der Waals surface area contributed by atoms with Gasteiger partial charge < -0.3 is 9.88 Å². The Bertz CT molecular complexity index is 545. The van der Waals surface area contributed by atoms with Crippen molar-refractivity contribution in [1.29, 1.82) is 0 Å². The van der Waals surface area contributed by atoms with Gasteiger partial charge in [0.05, 0.1) is 5.56 Å². The molecule has 16 heavy (non-hydrogen) atoms. The van der Waals surface area contributed by atoms with E-state index in [1.165, 1.54) is 0 Å². The fourth-order valence-electron chi connectivity index (χ4n) is 1.80. The number of halogens is 1. The van der Waals surface area contributed by atoms with Crippen LogP contribution in [0.2, 0.25) is 0 Å². The summed E-state index contributed by atoms with van der Waals surface area (Å²) in [5.74, 6) is -0.0220. The molecule has 0 radical (unpaired) electrons. The number of rotatable bonds is 2. The molecule has 1 N–H and O–H groups in total. The Hall–Kier alpha value is -1.29. The normalized spacial score (nSPS) is 10.7. The molecule has 2 rings (SSSR count). The summed E-state index contributed by atoms with van der Waals surface area (Å²) in [6, 6.07) is 5.95. The van der Waals surface area contributed by atoms with Crippen LogP contribution in [-0.2, 0) is 7.05 Å². The fourth-order valence-corrected chi connectivity index (χ4v) is 2.16. The van der Waals surface area contributed by atoms with Crippen LogP contribution in [0, 0.1) is 0 Å². The molecule has 0 aliphatic rings. The zero-order chi connectivity index (χ0) is 11.7. The summed E-state index contributed by atoms with van der Waals surface area (Å²) in [5, 5.41) is 3.79. The average Bonchev–Trinajstić information content (AvgIpc) is 2.56. The van der Waals surface area contributed by atoms with E-state index < -0.39 is 0 Å². The number of aromatic nitrogens is 1. The molecule has 1 aromatic carbocycles. The highest BCUT2D eigenvalue weighted by Crippen LogP contribution is 2.24. The average molecular weight is 281 g/mol. The zero-order valence-electron chi connectivity index (χ0n) is 9.25. The van der Waals surface area contributed by atoms with Crippen LogP contribution >= 0.6 is 15.9 Å². The summed E-state index contributed by atoms with van der Waals surface area (Å²) in [7, 11) is 1.94. The van der Waals surface area contributed by atoms with Crippen LogP contribution in [0.5, 0.6) is 0 Å². The van der Waals surface area contributed by atoms with Crippen molar-refractivity contribution in [3.63, 3.8) is 0 Å². The lowest BCUT2D eigenvalue weighted by molar-refractivity contribution is 0.0957. The second kappa shape index (κ2) is 4.29. The largest absolute Gasteiger partial charge is 0.352 e. The van der Waals surface area contributed by atoms with E-state index >= 15 is 0 Å². The number of amides is 1. The van der Waals surface area contributed by atoms with Gasteiger partial charge in [0.15, 0.2) is 0 Å². The molecular weight excluding hydrogens is 268 g/mol. The fraction of sp³-hybridized carbons (Fsp3) is 0.250. The van der Waals surface area contributed by atoms with Crippen molar-refractivity contribution in [2.45, 2.75) is 6.92 Å². The smallest absolute Gasteiger partial charge is 0.253 e. The summed E-state index contributed by atoms with van der Waals surface area (Å²) in [6.45, 7) is 2.56. The van der Waals surface area contributed by atoms with Gasteiger partial charge in [-0.1, -0.05) is 15.9 Å². The van der Waals surface area contributed by atoms with Crippen LogP contribution in [0.25, 0.3) is 10.9 Å². The van der Waals surface area contributed by atoms with Crippen molar-refractivity contribution in [3.05, 3.63) is 34.4 Å². The number of benzene rings is 1. The maximum atomic E-state index is 11.8. The van der Waals surface area contributed by atoms with Gasteiger partial charge in [0.25, 0.3) is 5.91 Å². The topological polar surface area (TPSA) is 34.0 Å². The second-order valence-electron chi connectivity index (χ2n) is 3.67. The molecular formula is C12H13BrN2O. The number of nitrogens with one attached hydrogen (secondary N) is 1. The molecule has 0 bridgehead atoms. The first-order valence-corrected chi connectivity index (χ1v) is 5.95. The molecule has 0 aliphatic carbocycles. The van der Waals surface area contributed by atoms with Crippen LogP contribution in [-0.4, -0.2) is 17.0 Å². The number of carbonyl (C=O) groups is 1. The molecule has 0 fully saturated rings. The maximum Gasteiger partial charge on any atom is 0.253 e. The molecule has 3 nitrogen and oxygen atoms in total. The number of carbonyl (C=O) groups excluding carboxylic acids is 1. The maximum absolute atomic E-state index is 11.8. The van der Waals surface area contributed by atoms with E-state index in [0.717, 1.165) is 20.9 Å². The van der Waals surface area contributed by atoms with Crippen molar-refractivity contribution >= 4 is 32.7 Å². The summed E-state index contributed by atoms with van der Waals surface area (Å²) in [6.07, 6.45) is 1.86. The van der Waals surface area contributed by atoms with Gasteiger partial charge in [-0.2, -0.15) is 0 Å². The highest BCUT2D eigenvalue weighted by atomic mass is 79.9. The van der Waals surface area contributed by atoms with E-state index in [1.807, 2.05) is 42.9 Å². The Morgan fingerprint density at radius 1 is 1.50 bits per heavy atom. The van der Waals surface area contributed by atoms with Crippen LogP contribution in [0.4, 0.5) is 0 Å². The SMILES string of the molecule is CCNC(=O)c1cn(C)c2ccc(Br)cc12. The Labute approximate surface area is 103 Å². The van der Waals surface area contributed by atoms with Crippen molar-refractivity contribution in [3.8, 4) is 0 Å². The van der Waals surface area contributed by atoms with E-state index in [-0.39, 0.29) is 5.91 Å². The predicted molar refractivity (Wildman–Crippen MR) is 68.6 cm³/mol. The van der Waals surface area contributed by atoms with E-state index in [4.69, 9.17) is 0 Å². The second-order valence-corrected chi connectivity index (χ2v) is 4.59. The summed E-state index contributed by atoms with van der Waals surface area (Å²) in [5.41, 5.74) is 1.78. The molecule has 0 unspecified atom stereocenters. The predicted octanol–water partition coefficient (Wildman–Crippen LogP) is 2.69. The zero-order valence-corrected chi connectivity index (χ0v) is 10.8. The first-order valence-electron chi connectivity index (χ1n) is 5.16. The van der Waals surface area contributed by atoms with E-state index in [2.05, 4.69) is 21.2 Å². The monoisotopic (exact) mass is 280 g/mol. The first-order chi connectivity index (χ1) is 7.63. The molecule has 1 amide bonds. The quantitative estimate of drug-likeness (QED) is 0.902. The molecule has 0 saturated heterocycles. The lowest BCUT2D eigenvalue weighted by atomic mass is 10.1. The third kappa shape index (κ3) is 1.85. The van der Waals surface area contributed by atoms with Gasteiger partial charge in [-0.05, 0) is 25.1 Å². The van der Waals surface area contributed by atoms with E-state index in [0.29, 0.717) is 6.54 Å². The minimum absolute atomic E-state index is 0.0220. The minimum Gasteiger partial charge on any atom is -0.352 e. The Morgan fingerprint density at radius 2 is 2.25 bits per heavy atom.